The molecule has 3 rings (SSSR count). The van der Waals surface area contributed by atoms with Crippen LogP contribution in [-0.2, 0) is 20.9 Å². The summed E-state index contributed by atoms with van der Waals surface area (Å²) in [6.07, 6.45) is 0.394. The molecule has 136 valence electrons. The molecular weight excluding hydrogens is 380 g/mol. The molecule has 0 spiro atoms. The summed E-state index contributed by atoms with van der Waals surface area (Å²) in [5.41, 5.74) is 3.16. The molecule has 0 aliphatic carbocycles. The number of nitrogens with two attached hydrogens (primary N) is 1. The van der Waals surface area contributed by atoms with Gasteiger partial charge >= 0.3 is 0 Å². The Balaban J connectivity index is 1.71. The third-order valence-corrected chi connectivity index (χ3v) is 5.46. The van der Waals surface area contributed by atoms with E-state index in [1.54, 1.807) is 12.1 Å². The van der Waals surface area contributed by atoms with E-state index in [1.165, 1.54) is 28.8 Å². The van der Waals surface area contributed by atoms with E-state index in [-0.39, 0.29) is 35.0 Å². The molecule has 3 N–H and O–H groups in total. The van der Waals surface area contributed by atoms with E-state index in [9.17, 15) is 19.7 Å². The first-order valence-electron chi connectivity index (χ1n) is 7.52. The minimum absolute atomic E-state index is 0.0117. The number of nitrogens with zero attached hydrogens (tertiary/aromatic N) is 2. The zero-order chi connectivity index (χ0) is 18.8. The van der Waals surface area contributed by atoms with Crippen molar-refractivity contribution >= 4 is 46.5 Å². The highest BCUT2D eigenvalue weighted by Gasteiger charge is 2.47. The number of rotatable bonds is 6. The van der Waals surface area contributed by atoms with Crippen molar-refractivity contribution in [2.45, 2.75) is 24.8 Å². The number of hydrazine groups is 1. The number of fused-ring (bicyclic) bond motifs is 1. The first-order chi connectivity index (χ1) is 12.4. The average molecular weight is 394 g/mol. The smallest absolute Gasteiger partial charge is 0.269 e. The maximum Gasteiger partial charge on any atom is 0.269 e. The highest BCUT2D eigenvalue weighted by molar-refractivity contribution is 8.04. The maximum atomic E-state index is 11.9. The van der Waals surface area contributed by atoms with E-state index < -0.39 is 10.8 Å². The Morgan fingerprint density at radius 2 is 2.15 bits per heavy atom. The zero-order valence-corrected chi connectivity index (χ0v) is 15.0. The van der Waals surface area contributed by atoms with Crippen molar-refractivity contribution in [1.29, 1.82) is 0 Å². The molecule has 2 aliphatic rings. The second-order valence-electron chi connectivity index (χ2n) is 5.56. The highest BCUT2D eigenvalue weighted by Crippen LogP contribution is 2.47. The predicted octanol–water partition coefficient (Wildman–Crippen LogP) is 1.34. The lowest BCUT2D eigenvalue weighted by atomic mass is 10.1. The summed E-state index contributed by atoms with van der Waals surface area (Å²) >= 11 is 6.70. The van der Waals surface area contributed by atoms with Gasteiger partial charge in [0.05, 0.1) is 23.1 Å². The number of ether oxygens (including phenoxy) is 1. The standard InChI is InChI=1S/C15H14N4O5S2/c16-17-11(20)5-10-14(18-12(21)6-13(18)26-10)15(25)24-7-8-1-3-9(4-2-8)19(22)23/h1-4,13H,5-7,16H2,(H,17,20)/t13-/m1/s1. The Hall–Kier alpha value is -2.50. The van der Waals surface area contributed by atoms with Crippen LogP contribution in [-0.4, -0.2) is 32.1 Å². The summed E-state index contributed by atoms with van der Waals surface area (Å²) in [4.78, 5) is 35.8. The van der Waals surface area contributed by atoms with Gasteiger partial charge in [0.2, 0.25) is 16.9 Å². The average Bonchev–Trinajstić information content (AvgIpc) is 2.91. The van der Waals surface area contributed by atoms with Gasteiger partial charge in [0.25, 0.3) is 5.69 Å². The quantitative estimate of drug-likeness (QED) is 0.185. The van der Waals surface area contributed by atoms with E-state index in [2.05, 4.69) is 5.43 Å². The molecule has 0 aromatic heterocycles. The molecule has 1 aromatic rings. The minimum atomic E-state index is -0.486. The van der Waals surface area contributed by atoms with E-state index in [0.717, 1.165) is 0 Å². The molecule has 9 nitrogen and oxygen atoms in total. The fourth-order valence-corrected chi connectivity index (χ4v) is 4.32. The van der Waals surface area contributed by atoms with Crippen LogP contribution >= 0.6 is 24.0 Å². The summed E-state index contributed by atoms with van der Waals surface area (Å²) in [6.45, 7) is 0.0913. The van der Waals surface area contributed by atoms with Gasteiger partial charge in [-0.1, -0.05) is 0 Å². The Labute approximate surface area is 157 Å². The number of benzene rings is 1. The minimum Gasteiger partial charge on any atom is -0.477 e. The highest BCUT2D eigenvalue weighted by atomic mass is 32.2. The van der Waals surface area contributed by atoms with Crippen LogP contribution in [0.3, 0.4) is 0 Å². The Bertz CT molecular complexity index is 824. The molecular formula is C15H14N4O5S2. The number of nitro benzene ring substituents is 1. The molecule has 0 unspecified atom stereocenters. The van der Waals surface area contributed by atoms with Crippen molar-refractivity contribution in [2.75, 3.05) is 0 Å². The summed E-state index contributed by atoms with van der Waals surface area (Å²) in [5.74, 6) is 4.66. The second kappa shape index (κ2) is 7.40. The molecule has 2 amide bonds. The number of carbonyl (C=O) groups is 2. The van der Waals surface area contributed by atoms with E-state index in [4.69, 9.17) is 22.8 Å². The van der Waals surface area contributed by atoms with Crippen molar-refractivity contribution in [3.05, 3.63) is 50.5 Å². The van der Waals surface area contributed by atoms with Crippen molar-refractivity contribution in [2.24, 2.45) is 5.84 Å². The Kier molecular flexibility index (Phi) is 5.20. The molecule has 26 heavy (non-hydrogen) atoms. The lowest BCUT2D eigenvalue weighted by Crippen LogP contribution is -2.48. The van der Waals surface area contributed by atoms with Crippen molar-refractivity contribution in [3.8, 4) is 0 Å². The van der Waals surface area contributed by atoms with Gasteiger partial charge in [-0.2, -0.15) is 0 Å². The van der Waals surface area contributed by atoms with Gasteiger partial charge in [0, 0.05) is 17.0 Å². The number of β-lactam (4-membered cyclic amide) rings is 1. The van der Waals surface area contributed by atoms with Crippen LogP contribution in [0, 0.1) is 10.1 Å². The third kappa shape index (κ3) is 3.54. The van der Waals surface area contributed by atoms with Crippen molar-refractivity contribution in [3.63, 3.8) is 0 Å². The van der Waals surface area contributed by atoms with Gasteiger partial charge in [0.15, 0.2) is 0 Å². The number of hydrogen-bond donors (Lipinski definition) is 2. The van der Waals surface area contributed by atoms with Gasteiger partial charge in [0.1, 0.15) is 12.3 Å². The predicted molar refractivity (Wildman–Crippen MR) is 97.3 cm³/mol. The molecule has 1 saturated heterocycles. The normalized spacial score (nSPS) is 18.3. The number of carbonyl (C=O) groups excluding carboxylic acids is 2. The number of hydrogen-bond acceptors (Lipinski definition) is 8. The molecule has 11 heteroatoms. The fraction of sp³-hybridized carbons (Fsp3) is 0.267. The fourth-order valence-electron chi connectivity index (χ4n) is 2.57. The second-order valence-corrected chi connectivity index (χ2v) is 7.20. The van der Waals surface area contributed by atoms with Crippen LogP contribution in [0.4, 0.5) is 5.69 Å². The van der Waals surface area contributed by atoms with Crippen LogP contribution in [0.1, 0.15) is 18.4 Å². The Morgan fingerprint density at radius 1 is 1.46 bits per heavy atom. The van der Waals surface area contributed by atoms with Gasteiger partial charge in [-0.15, -0.1) is 11.8 Å². The van der Waals surface area contributed by atoms with Crippen LogP contribution in [0.15, 0.2) is 34.9 Å². The largest absolute Gasteiger partial charge is 0.477 e. The number of nitrogens with one attached hydrogen (secondary N) is 1. The molecule has 0 radical (unpaired) electrons. The zero-order valence-electron chi connectivity index (χ0n) is 13.3. The summed E-state index contributed by atoms with van der Waals surface area (Å²) < 4.78 is 5.59. The third-order valence-electron chi connectivity index (χ3n) is 3.88. The number of thioether (sulfide) groups is 1. The number of non-ortho nitro benzene ring substituents is 1. The molecule has 0 saturated carbocycles. The van der Waals surface area contributed by atoms with Crippen molar-refractivity contribution < 1.29 is 19.2 Å². The van der Waals surface area contributed by atoms with Crippen molar-refractivity contribution in [1.82, 2.24) is 10.3 Å². The lowest BCUT2D eigenvalue weighted by Gasteiger charge is -2.35. The lowest BCUT2D eigenvalue weighted by molar-refractivity contribution is -0.384. The first kappa shape index (κ1) is 18.3. The number of nitro groups is 1. The molecule has 2 aliphatic heterocycles. The van der Waals surface area contributed by atoms with E-state index in [0.29, 0.717) is 22.6 Å². The van der Waals surface area contributed by atoms with Gasteiger partial charge in [-0.3, -0.25) is 30.0 Å². The summed E-state index contributed by atoms with van der Waals surface area (Å²) in [7, 11) is 0. The SMILES string of the molecule is NNC(=O)CC1=C(C(=S)OCc2ccc([N+](=O)[O-])cc2)N2C(=O)C[C@H]2S1. The molecule has 1 aromatic carbocycles. The number of amides is 2. The van der Waals surface area contributed by atoms with Crippen LogP contribution in [0.5, 0.6) is 0 Å². The molecule has 2 heterocycles. The Morgan fingerprint density at radius 3 is 2.73 bits per heavy atom. The maximum absolute atomic E-state index is 11.9. The molecule has 0 bridgehead atoms. The number of thiocarbonyl (C=S) groups is 1. The van der Waals surface area contributed by atoms with Gasteiger partial charge in [-0.25, -0.2) is 5.84 Å². The topological polar surface area (TPSA) is 128 Å². The van der Waals surface area contributed by atoms with Crippen LogP contribution in [0.25, 0.3) is 0 Å². The van der Waals surface area contributed by atoms with Crippen LogP contribution < -0.4 is 11.3 Å². The molecule has 1 fully saturated rings. The van der Waals surface area contributed by atoms with E-state index in [1.807, 2.05) is 0 Å². The van der Waals surface area contributed by atoms with Gasteiger partial charge in [-0.05, 0) is 29.9 Å². The van der Waals surface area contributed by atoms with E-state index >= 15 is 0 Å². The van der Waals surface area contributed by atoms with Crippen LogP contribution in [0.2, 0.25) is 0 Å². The van der Waals surface area contributed by atoms with Gasteiger partial charge < -0.3 is 4.74 Å². The summed E-state index contributed by atoms with van der Waals surface area (Å²) in [5, 5.41) is 10.7. The summed E-state index contributed by atoms with van der Waals surface area (Å²) in [6, 6.07) is 5.88. The first-order valence-corrected chi connectivity index (χ1v) is 8.81. The molecule has 1 atom stereocenters. The monoisotopic (exact) mass is 394 g/mol.